The lowest BCUT2D eigenvalue weighted by Crippen LogP contribution is -2.32. The minimum Gasteiger partial charge on any atom is -0.383 e. The summed E-state index contributed by atoms with van der Waals surface area (Å²) in [6.45, 7) is 7.34. The third-order valence-corrected chi connectivity index (χ3v) is 3.21. The van der Waals surface area contributed by atoms with Gasteiger partial charge in [0.05, 0.1) is 13.2 Å². The molecule has 0 atom stereocenters. The Labute approximate surface area is 123 Å². The molecule has 1 rings (SSSR count). The lowest BCUT2D eigenvalue weighted by molar-refractivity contribution is 0.190. The predicted octanol–water partition coefficient (Wildman–Crippen LogP) is 2.29. The standard InChI is InChI=1S/C16H28N2O2/c1-4-9-17-14-15-7-5-6-8-16(15)18(10-12-19-2)11-13-20-3/h5-8,17H,4,9-14H2,1-3H3. The SMILES string of the molecule is CCCNCc1ccccc1N(CCOC)CCOC. The first-order valence-electron chi connectivity index (χ1n) is 7.35. The van der Waals surface area contributed by atoms with Crippen molar-refractivity contribution < 1.29 is 9.47 Å². The maximum Gasteiger partial charge on any atom is 0.0637 e. The van der Waals surface area contributed by atoms with Crippen molar-refractivity contribution in [1.82, 2.24) is 5.32 Å². The summed E-state index contributed by atoms with van der Waals surface area (Å²) >= 11 is 0. The van der Waals surface area contributed by atoms with Crippen LogP contribution in [0.15, 0.2) is 24.3 Å². The highest BCUT2D eigenvalue weighted by Gasteiger charge is 2.10. The van der Waals surface area contributed by atoms with Crippen molar-refractivity contribution in [2.45, 2.75) is 19.9 Å². The van der Waals surface area contributed by atoms with Crippen molar-refractivity contribution in [2.24, 2.45) is 0 Å². The van der Waals surface area contributed by atoms with E-state index in [4.69, 9.17) is 9.47 Å². The van der Waals surface area contributed by atoms with Crippen LogP contribution in [0.5, 0.6) is 0 Å². The molecule has 20 heavy (non-hydrogen) atoms. The van der Waals surface area contributed by atoms with Gasteiger partial charge in [0.25, 0.3) is 0 Å². The maximum absolute atomic E-state index is 5.21. The molecule has 0 bridgehead atoms. The van der Waals surface area contributed by atoms with Crippen LogP contribution in [0.3, 0.4) is 0 Å². The van der Waals surface area contributed by atoms with E-state index in [9.17, 15) is 0 Å². The van der Waals surface area contributed by atoms with Gasteiger partial charge in [-0.25, -0.2) is 0 Å². The van der Waals surface area contributed by atoms with Crippen LogP contribution in [0.25, 0.3) is 0 Å². The Balaban J connectivity index is 2.75. The number of para-hydroxylation sites is 1. The van der Waals surface area contributed by atoms with Gasteiger partial charge in [0.1, 0.15) is 0 Å². The average molecular weight is 280 g/mol. The highest BCUT2D eigenvalue weighted by Crippen LogP contribution is 2.20. The van der Waals surface area contributed by atoms with Gasteiger partial charge in [-0.3, -0.25) is 0 Å². The summed E-state index contributed by atoms with van der Waals surface area (Å²) < 4.78 is 10.4. The molecule has 1 aromatic carbocycles. The Hall–Kier alpha value is -1.10. The molecule has 114 valence electrons. The highest BCUT2D eigenvalue weighted by atomic mass is 16.5. The minimum absolute atomic E-state index is 0.723. The first kappa shape index (κ1) is 17.0. The van der Waals surface area contributed by atoms with Gasteiger partial charge in [0.2, 0.25) is 0 Å². The number of anilines is 1. The monoisotopic (exact) mass is 280 g/mol. The zero-order valence-corrected chi connectivity index (χ0v) is 13.0. The van der Waals surface area contributed by atoms with Crippen molar-refractivity contribution in [1.29, 1.82) is 0 Å². The molecule has 0 fully saturated rings. The summed E-state index contributed by atoms with van der Waals surface area (Å²) in [6, 6.07) is 8.54. The highest BCUT2D eigenvalue weighted by molar-refractivity contribution is 5.53. The molecule has 1 N–H and O–H groups in total. The molecule has 0 radical (unpaired) electrons. The predicted molar refractivity (Wildman–Crippen MR) is 84.4 cm³/mol. The number of ether oxygens (including phenoxy) is 2. The van der Waals surface area contributed by atoms with Gasteiger partial charge in [0.15, 0.2) is 0 Å². The molecular weight excluding hydrogens is 252 g/mol. The summed E-state index contributed by atoms with van der Waals surface area (Å²) in [7, 11) is 3.48. The van der Waals surface area contributed by atoms with Gasteiger partial charge < -0.3 is 19.7 Å². The summed E-state index contributed by atoms with van der Waals surface area (Å²) in [6.07, 6.45) is 1.15. The number of hydrogen-bond donors (Lipinski definition) is 1. The molecule has 0 heterocycles. The maximum atomic E-state index is 5.21. The Kier molecular flexibility index (Phi) is 9.04. The Morgan fingerprint density at radius 2 is 1.70 bits per heavy atom. The van der Waals surface area contributed by atoms with Crippen LogP contribution in [0, 0.1) is 0 Å². The van der Waals surface area contributed by atoms with Crippen LogP contribution in [0.1, 0.15) is 18.9 Å². The van der Waals surface area contributed by atoms with Crippen molar-refractivity contribution >= 4 is 5.69 Å². The molecule has 1 aromatic rings. The van der Waals surface area contributed by atoms with E-state index in [1.807, 2.05) is 0 Å². The van der Waals surface area contributed by atoms with Crippen LogP contribution < -0.4 is 10.2 Å². The minimum atomic E-state index is 0.723. The molecule has 0 aromatic heterocycles. The molecule has 4 heteroatoms. The van der Waals surface area contributed by atoms with E-state index in [-0.39, 0.29) is 0 Å². The van der Waals surface area contributed by atoms with Crippen LogP contribution in [0.4, 0.5) is 5.69 Å². The molecule has 0 saturated carbocycles. The number of rotatable bonds is 11. The van der Waals surface area contributed by atoms with Crippen molar-refractivity contribution in [3.8, 4) is 0 Å². The topological polar surface area (TPSA) is 33.7 Å². The van der Waals surface area contributed by atoms with Gasteiger partial charge in [-0.15, -0.1) is 0 Å². The molecular formula is C16H28N2O2. The third kappa shape index (κ3) is 5.90. The molecule has 0 unspecified atom stereocenters. The van der Waals surface area contributed by atoms with E-state index in [0.29, 0.717) is 0 Å². The Morgan fingerprint density at radius 1 is 1.05 bits per heavy atom. The summed E-state index contributed by atoms with van der Waals surface area (Å²) in [5.74, 6) is 0. The number of benzene rings is 1. The number of nitrogens with zero attached hydrogens (tertiary/aromatic N) is 1. The van der Waals surface area contributed by atoms with Crippen LogP contribution in [0.2, 0.25) is 0 Å². The van der Waals surface area contributed by atoms with Crippen LogP contribution >= 0.6 is 0 Å². The van der Waals surface area contributed by atoms with Gasteiger partial charge in [-0.1, -0.05) is 25.1 Å². The number of hydrogen-bond acceptors (Lipinski definition) is 4. The normalized spacial score (nSPS) is 10.8. The second kappa shape index (κ2) is 10.7. The third-order valence-electron chi connectivity index (χ3n) is 3.21. The molecule has 0 aliphatic carbocycles. The van der Waals surface area contributed by atoms with Crippen molar-refractivity contribution in [3.63, 3.8) is 0 Å². The summed E-state index contributed by atoms with van der Waals surface area (Å²) in [4.78, 5) is 2.33. The van der Waals surface area contributed by atoms with E-state index >= 15 is 0 Å². The van der Waals surface area contributed by atoms with E-state index in [1.54, 1.807) is 14.2 Å². The van der Waals surface area contributed by atoms with E-state index < -0.39 is 0 Å². The van der Waals surface area contributed by atoms with E-state index in [1.165, 1.54) is 11.3 Å². The fraction of sp³-hybridized carbons (Fsp3) is 0.625. The lowest BCUT2D eigenvalue weighted by atomic mass is 10.1. The van der Waals surface area contributed by atoms with E-state index in [2.05, 4.69) is 41.4 Å². The summed E-state index contributed by atoms with van der Waals surface area (Å²) in [5.41, 5.74) is 2.60. The van der Waals surface area contributed by atoms with Gasteiger partial charge in [-0.2, -0.15) is 0 Å². The first-order chi connectivity index (χ1) is 9.83. The molecule has 0 aliphatic heterocycles. The molecule has 0 aliphatic rings. The second-order valence-electron chi connectivity index (χ2n) is 4.78. The Bertz CT molecular complexity index is 350. The fourth-order valence-corrected chi connectivity index (χ4v) is 2.12. The van der Waals surface area contributed by atoms with Crippen LogP contribution in [-0.2, 0) is 16.0 Å². The number of nitrogens with one attached hydrogen (secondary N) is 1. The van der Waals surface area contributed by atoms with Gasteiger partial charge in [0, 0.05) is 39.5 Å². The van der Waals surface area contributed by atoms with Crippen LogP contribution in [-0.4, -0.2) is 47.1 Å². The molecule has 0 saturated heterocycles. The molecule has 4 nitrogen and oxygen atoms in total. The zero-order valence-electron chi connectivity index (χ0n) is 13.0. The lowest BCUT2D eigenvalue weighted by Gasteiger charge is -2.27. The Morgan fingerprint density at radius 3 is 2.30 bits per heavy atom. The fourth-order valence-electron chi connectivity index (χ4n) is 2.12. The molecule has 0 spiro atoms. The number of methoxy groups -OCH3 is 2. The van der Waals surface area contributed by atoms with E-state index in [0.717, 1.165) is 45.8 Å². The smallest absolute Gasteiger partial charge is 0.0637 e. The quantitative estimate of drug-likeness (QED) is 0.631. The first-order valence-corrected chi connectivity index (χ1v) is 7.35. The van der Waals surface area contributed by atoms with Gasteiger partial charge in [-0.05, 0) is 24.6 Å². The average Bonchev–Trinajstić information content (AvgIpc) is 2.48. The largest absolute Gasteiger partial charge is 0.383 e. The van der Waals surface area contributed by atoms with Crippen molar-refractivity contribution in [3.05, 3.63) is 29.8 Å². The zero-order chi connectivity index (χ0) is 14.6. The molecule has 0 amide bonds. The summed E-state index contributed by atoms with van der Waals surface area (Å²) in [5, 5.41) is 3.47. The second-order valence-corrected chi connectivity index (χ2v) is 4.78. The van der Waals surface area contributed by atoms with Gasteiger partial charge >= 0.3 is 0 Å². The van der Waals surface area contributed by atoms with Crippen molar-refractivity contribution in [2.75, 3.05) is 52.0 Å².